The standard InChI is InChI=1S/C7H9ClN3O4S/c1-3-15-7(12)4-5(8)10-11(2)6(4)16(9,13)14/h3H2,1-2H3,(H-,9,13,14)/q-1. The molecule has 0 aliphatic heterocycles. The van der Waals surface area contributed by atoms with Gasteiger partial charge >= 0.3 is 5.97 Å². The summed E-state index contributed by atoms with van der Waals surface area (Å²) in [4.78, 5) is 11.4. The molecular weight excluding hydrogens is 258 g/mol. The molecule has 0 aliphatic rings. The zero-order valence-electron chi connectivity index (χ0n) is 8.52. The van der Waals surface area contributed by atoms with Gasteiger partial charge < -0.3 is 9.88 Å². The average molecular weight is 267 g/mol. The van der Waals surface area contributed by atoms with Crippen LogP contribution in [0.1, 0.15) is 17.3 Å². The van der Waals surface area contributed by atoms with Crippen LogP contribution >= 0.6 is 11.6 Å². The molecule has 0 spiro atoms. The summed E-state index contributed by atoms with van der Waals surface area (Å²) in [6.45, 7) is 1.64. The van der Waals surface area contributed by atoms with E-state index in [4.69, 9.17) is 16.7 Å². The van der Waals surface area contributed by atoms with Crippen molar-refractivity contribution >= 4 is 27.6 Å². The van der Waals surface area contributed by atoms with E-state index in [1.807, 2.05) is 0 Å². The lowest BCUT2D eigenvalue weighted by Crippen LogP contribution is -2.11. The summed E-state index contributed by atoms with van der Waals surface area (Å²) in [5, 5.41) is 9.63. The maximum absolute atomic E-state index is 11.4. The third kappa shape index (κ3) is 2.34. The van der Waals surface area contributed by atoms with E-state index in [0.29, 0.717) is 0 Å². The van der Waals surface area contributed by atoms with Crippen LogP contribution in [-0.4, -0.2) is 30.8 Å². The Bertz CT molecular complexity index is 522. The third-order valence-electron chi connectivity index (χ3n) is 1.69. The Kier molecular flexibility index (Phi) is 3.56. The lowest BCUT2D eigenvalue weighted by molar-refractivity contribution is 0.0521. The van der Waals surface area contributed by atoms with Gasteiger partial charge in [0.25, 0.3) is 0 Å². The Morgan fingerprint density at radius 3 is 2.62 bits per heavy atom. The molecule has 7 nitrogen and oxygen atoms in total. The van der Waals surface area contributed by atoms with Gasteiger partial charge in [-0.1, -0.05) is 11.6 Å². The van der Waals surface area contributed by atoms with E-state index in [2.05, 4.69) is 9.84 Å². The predicted molar refractivity (Wildman–Crippen MR) is 55.7 cm³/mol. The lowest BCUT2D eigenvalue weighted by atomic mass is 10.4. The summed E-state index contributed by atoms with van der Waals surface area (Å²) < 4.78 is 27.8. The highest BCUT2D eigenvalue weighted by Gasteiger charge is 2.26. The fraction of sp³-hybridized carbons (Fsp3) is 0.429. The van der Waals surface area contributed by atoms with Gasteiger partial charge in [-0.3, -0.25) is 4.68 Å². The number of rotatable bonds is 3. The minimum absolute atomic E-state index is 0.0710. The molecule has 1 heterocycles. The molecule has 0 aromatic carbocycles. The van der Waals surface area contributed by atoms with Crippen molar-refractivity contribution in [2.24, 2.45) is 7.05 Å². The fourth-order valence-electron chi connectivity index (χ4n) is 1.16. The number of sulfonamides is 1. The Labute approximate surface area is 97.2 Å². The predicted octanol–water partition coefficient (Wildman–Crippen LogP) is 0.991. The normalized spacial score (nSPS) is 11.5. The molecule has 0 bridgehead atoms. The monoisotopic (exact) mass is 266 g/mol. The Balaban J connectivity index is 3.44. The van der Waals surface area contributed by atoms with Gasteiger partial charge in [0.15, 0.2) is 5.15 Å². The molecule has 0 unspecified atom stereocenters. The quantitative estimate of drug-likeness (QED) is 0.759. The number of hydrogen-bond acceptors (Lipinski definition) is 5. The van der Waals surface area contributed by atoms with Crippen LogP contribution in [0.4, 0.5) is 0 Å². The first kappa shape index (κ1) is 12.9. The smallest absolute Gasteiger partial charge is 0.344 e. The minimum atomic E-state index is -4.34. The summed E-state index contributed by atoms with van der Waals surface area (Å²) in [6.07, 6.45) is 0. The van der Waals surface area contributed by atoms with Gasteiger partial charge in [0, 0.05) is 7.05 Å². The number of ether oxygens (including phenoxy) is 1. The van der Waals surface area contributed by atoms with Crippen molar-refractivity contribution < 1.29 is 17.9 Å². The van der Waals surface area contributed by atoms with Crippen molar-refractivity contribution in [2.75, 3.05) is 6.61 Å². The number of carbonyl (C=O) groups excluding carboxylic acids is 1. The second kappa shape index (κ2) is 4.40. The van der Waals surface area contributed by atoms with E-state index >= 15 is 0 Å². The van der Waals surface area contributed by atoms with Crippen LogP contribution in [-0.2, 0) is 21.8 Å². The van der Waals surface area contributed by atoms with Gasteiger partial charge in [-0.25, -0.2) is 13.2 Å². The van der Waals surface area contributed by atoms with Crippen LogP contribution in [0.25, 0.3) is 5.14 Å². The first-order chi connectivity index (χ1) is 7.29. The van der Waals surface area contributed by atoms with Crippen LogP contribution < -0.4 is 0 Å². The van der Waals surface area contributed by atoms with Gasteiger partial charge in [-0.05, 0) is 6.92 Å². The maximum Gasteiger partial charge on any atom is 0.344 e. The number of hydrogen-bond donors (Lipinski definition) is 0. The molecule has 0 saturated heterocycles. The topological polar surface area (TPSA) is 102 Å². The number of nitrogens with one attached hydrogen (secondary N) is 1. The molecule has 0 amide bonds. The van der Waals surface area contributed by atoms with Crippen molar-refractivity contribution in [3.05, 3.63) is 15.9 Å². The number of carbonyl (C=O) groups is 1. The van der Waals surface area contributed by atoms with E-state index in [0.717, 1.165) is 4.68 Å². The van der Waals surface area contributed by atoms with Gasteiger partial charge in [0.05, 0.1) is 6.61 Å². The van der Waals surface area contributed by atoms with E-state index in [-0.39, 0.29) is 11.8 Å². The highest BCUT2D eigenvalue weighted by molar-refractivity contribution is 7.93. The molecule has 9 heteroatoms. The first-order valence-corrected chi connectivity index (χ1v) is 6.04. The SMILES string of the molecule is CCOC(=O)c1c(Cl)nn(C)c1S([NH-])(=O)=O. The van der Waals surface area contributed by atoms with Gasteiger partial charge in [-0.2, -0.15) is 5.10 Å². The van der Waals surface area contributed by atoms with E-state index in [1.165, 1.54) is 7.05 Å². The number of halogens is 1. The second-order valence-corrected chi connectivity index (χ2v) is 4.57. The van der Waals surface area contributed by atoms with E-state index in [1.54, 1.807) is 6.92 Å². The third-order valence-corrected chi connectivity index (χ3v) is 2.93. The summed E-state index contributed by atoms with van der Waals surface area (Å²) in [6, 6.07) is 0. The van der Waals surface area contributed by atoms with Crippen LogP contribution in [0.15, 0.2) is 5.03 Å². The Hall–Kier alpha value is -1.12. The van der Waals surface area contributed by atoms with Crippen LogP contribution in [0.3, 0.4) is 0 Å². The van der Waals surface area contributed by atoms with Crippen LogP contribution in [0.2, 0.25) is 5.15 Å². The van der Waals surface area contributed by atoms with E-state index in [9.17, 15) is 13.2 Å². The molecule has 0 radical (unpaired) electrons. The summed E-state index contributed by atoms with van der Waals surface area (Å²) in [5.74, 6) is -0.911. The summed E-state index contributed by atoms with van der Waals surface area (Å²) in [7, 11) is -3.07. The average Bonchev–Trinajstić information content (AvgIpc) is 2.40. The molecule has 1 N–H and O–H groups in total. The number of aromatic nitrogens is 2. The highest BCUT2D eigenvalue weighted by Crippen LogP contribution is 2.24. The largest absolute Gasteiger partial charge is 0.558 e. The lowest BCUT2D eigenvalue weighted by Gasteiger charge is -2.08. The summed E-state index contributed by atoms with van der Waals surface area (Å²) >= 11 is 5.61. The van der Waals surface area contributed by atoms with Crippen molar-refractivity contribution in [3.63, 3.8) is 0 Å². The van der Waals surface area contributed by atoms with Crippen LogP contribution in [0.5, 0.6) is 0 Å². The molecule has 1 aromatic heterocycles. The number of aryl methyl sites for hydroxylation is 1. The van der Waals surface area contributed by atoms with Crippen molar-refractivity contribution in [2.45, 2.75) is 11.9 Å². The molecule has 0 saturated carbocycles. The molecule has 1 rings (SSSR count). The number of esters is 1. The second-order valence-electron chi connectivity index (χ2n) is 2.82. The molecule has 16 heavy (non-hydrogen) atoms. The van der Waals surface area contributed by atoms with Gasteiger partial charge in [-0.15, -0.1) is 0 Å². The molecule has 90 valence electrons. The van der Waals surface area contributed by atoms with Crippen molar-refractivity contribution in [1.82, 2.24) is 9.78 Å². The Morgan fingerprint density at radius 2 is 2.19 bits per heavy atom. The zero-order chi connectivity index (χ0) is 12.5. The molecule has 1 aromatic rings. The fourth-order valence-corrected chi connectivity index (χ4v) is 2.33. The van der Waals surface area contributed by atoms with E-state index < -0.39 is 26.6 Å². The van der Waals surface area contributed by atoms with Gasteiger partial charge in [0.2, 0.25) is 0 Å². The Morgan fingerprint density at radius 1 is 1.62 bits per heavy atom. The highest BCUT2D eigenvalue weighted by atomic mass is 35.5. The molecule has 0 atom stereocenters. The number of nitrogens with zero attached hydrogens (tertiary/aromatic N) is 2. The van der Waals surface area contributed by atoms with Crippen molar-refractivity contribution in [1.29, 1.82) is 0 Å². The molecular formula is C7H9ClN3O4S-. The molecule has 0 aliphatic carbocycles. The van der Waals surface area contributed by atoms with Crippen LogP contribution in [0, 0.1) is 0 Å². The molecule has 0 fully saturated rings. The van der Waals surface area contributed by atoms with Crippen molar-refractivity contribution in [3.8, 4) is 0 Å². The minimum Gasteiger partial charge on any atom is -0.558 e. The first-order valence-electron chi connectivity index (χ1n) is 4.18. The maximum atomic E-state index is 11.4. The summed E-state index contributed by atoms with van der Waals surface area (Å²) in [5.41, 5.74) is -0.402. The zero-order valence-corrected chi connectivity index (χ0v) is 10.1. The van der Waals surface area contributed by atoms with Gasteiger partial charge in [0.1, 0.15) is 20.6 Å².